The van der Waals surface area contributed by atoms with E-state index in [1.54, 1.807) is 7.11 Å². The van der Waals surface area contributed by atoms with Crippen molar-refractivity contribution in [1.82, 2.24) is 4.72 Å². The summed E-state index contributed by atoms with van der Waals surface area (Å²) >= 11 is 0. The highest BCUT2D eigenvalue weighted by Crippen LogP contribution is 1.95. The van der Waals surface area contributed by atoms with Crippen LogP contribution in [-0.2, 0) is 19.5 Å². The number of hydrogen-bond acceptors (Lipinski definition) is 5. The van der Waals surface area contributed by atoms with Crippen LogP contribution in [0.15, 0.2) is 0 Å². The Morgan fingerprint density at radius 3 is 2.50 bits per heavy atom. The molecule has 3 N–H and O–H groups in total. The largest absolute Gasteiger partial charge is 0.382 e. The fraction of sp³-hybridized carbons (Fsp3) is 1.00. The van der Waals surface area contributed by atoms with Crippen LogP contribution >= 0.6 is 0 Å². The number of nitrogens with two attached hydrogens (primary N) is 1. The maximum atomic E-state index is 11.5. The first-order chi connectivity index (χ1) is 7.55. The highest BCUT2D eigenvalue weighted by molar-refractivity contribution is 7.89. The van der Waals surface area contributed by atoms with Gasteiger partial charge < -0.3 is 15.2 Å². The third-order valence-electron chi connectivity index (χ3n) is 2.08. The minimum Gasteiger partial charge on any atom is -0.382 e. The average molecular weight is 254 g/mol. The molecule has 7 heteroatoms. The van der Waals surface area contributed by atoms with Crippen LogP contribution in [0.2, 0.25) is 0 Å². The van der Waals surface area contributed by atoms with Gasteiger partial charge in [0.15, 0.2) is 0 Å². The second-order valence-corrected chi connectivity index (χ2v) is 5.40. The fourth-order valence-corrected chi connectivity index (χ4v) is 2.29. The normalized spacial score (nSPS) is 13.9. The Balaban J connectivity index is 3.87. The first kappa shape index (κ1) is 15.8. The molecule has 1 unspecified atom stereocenters. The number of rotatable bonds is 10. The van der Waals surface area contributed by atoms with E-state index in [-0.39, 0.29) is 18.4 Å². The molecule has 0 aromatic heterocycles. The van der Waals surface area contributed by atoms with Crippen molar-refractivity contribution in [2.45, 2.75) is 18.9 Å². The smallest absolute Gasteiger partial charge is 0.211 e. The van der Waals surface area contributed by atoms with Gasteiger partial charge in [0.2, 0.25) is 10.0 Å². The summed E-state index contributed by atoms with van der Waals surface area (Å²) in [7, 11) is -0.155. The van der Waals surface area contributed by atoms with E-state index in [2.05, 4.69) is 4.72 Å². The van der Waals surface area contributed by atoms with E-state index in [9.17, 15) is 8.42 Å². The Bertz CT molecular complexity index is 256. The molecule has 0 aromatic carbocycles. The zero-order valence-corrected chi connectivity index (χ0v) is 10.8. The SMILES string of the molecule is COCC(CNS(=O)(=O)CCCCN)OC. The van der Waals surface area contributed by atoms with Crippen molar-refractivity contribution in [3.8, 4) is 0 Å². The van der Waals surface area contributed by atoms with Crippen molar-refractivity contribution >= 4 is 10.0 Å². The van der Waals surface area contributed by atoms with Crippen LogP contribution in [0.1, 0.15) is 12.8 Å². The van der Waals surface area contributed by atoms with Crippen LogP contribution in [-0.4, -0.2) is 54.2 Å². The van der Waals surface area contributed by atoms with E-state index in [0.29, 0.717) is 26.0 Å². The molecule has 0 heterocycles. The van der Waals surface area contributed by atoms with Crippen molar-refractivity contribution < 1.29 is 17.9 Å². The first-order valence-corrected chi connectivity index (χ1v) is 6.90. The molecule has 98 valence electrons. The Kier molecular flexibility index (Phi) is 8.77. The standard InChI is InChI=1S/C9H22N2O4S/c1-14-8-9(15-2)7-11-16(12,13)6-4-3-5-10/h9,11H,3-8,10H2,1-2H3. The highest BCUT2D eigenvalue weighted by atomic mass is 32.2. The summed E-state index contributed by atoms with van der Waals surface area (Å²) in [5.74, 6) is 0.105. The molecule has 0 aliphatic heterocycles. The Hall–Kier alpha value is -0.210. The lowest BCUT2D eigenvalue weighted by atomic mass is 10.3. The second kappa shape index (κ2) is 8.89. The number of methoxy groups -OCH3 is 2. The molecule has 0 radical (unpaired) electrons. The number of sulfonamides is 1. The molecule has 0 fully saturated rings. The molecular weight excluding hydrogens is 232 g/mol. The Morgan fingerprint density at radius 1 is 1.31 bits per heavy atom. The molecule has 0 aliphatic rings. The van der Waals surface area contributed by atoms with Gasteiger partial charge in [0.05, 0.1) is 18.5 Å². The third-order valence-corrected chi connectivity index (χ3v) is 3.52. The van der Waals surface area contributed by atoms with Crippen LogP contribution in [0.5, 0.6) is 0 Å². The molecule has 1 atom stereocenters. The van der Waals surface area contributed by atoms with Crippen molar-refractivity contribution in [3.05, 3.63) is 0 Å². The van der Waals surface area contributed by atoms with Crippen molar-refractivity contribution in [2.24, 2.45) is 5.73 Å². The second-order valence-electron chi connectivity index (χ2n) is 3.48. The topological polar surface area (TPSA) is 90.7 Å². The van der Waals surface area contributed by atoms with Gasteiger partial charge in [-0.25, -0.2) is 13.1 Å². The lowest BCUT2D eigenvalue weighted by Gasteiger charge is -2.15. The quantitative estimate of drug-likeness (QED) is 0.503. The Morgan fingerprint density at radius 2 is 2.00 bits per heavy atom. The van der Waals surface area contributed by atoms with Gasteiger partial charge in [-0.3, -0.25) is 0 Å². The fourth-order valence-electron chi connectivity index (χ4n) is 1.12. The van der Waals surface area contributed by atoms with Crippen LogP contribution in [0.25, 0.3) is 0 Å². The molecular formula is C9H22N2O4S. The number of ether oxygens (including phenoxy) is 2. The minimum absolute atomic E-state index is 0.105. The molecule has 0 bridgehead atoms. The summed E-state index contributed by atoms with van der Waals surface area (Å²) in [6.45, 7) is 1.11. The molecule has 6 nitrogen and oxygen atoms in total. The monoisotopic (exact) mass is 254 g/mol. The van der Waals surface area contributed by atoms with Gasteiger partial charge in [0.25, 0.3) is 0 Å². The average Bonchev–Trinajstić information content (AvgIpc) is 2.24. The summed E-state index contributed by atoms with van der Waals surface area (Å²) < 4.78 is 35.4. The minimum atomic E-state index is -3.22. The molecule has 0 spiro atoms. The predicted molar refractivity (Wildman–Crippen MR) is 62.8 cm³/mol. The molecule has 0 aromatic rings. The van der Waals surface area contributed by atoms with Crippen molar-refractivity contribution in [3.63, 3.8) is 0 Å². The van der Waals surface area contributed by atoms with Gasteiger partial charge in [-0.1, -0.05) is 0 Å². The van der Waals surface area contributed by atoms with Gasteiger partial charge in [0, 0.05) is 20.8 Å². The maximum absolute atomic E-state index is 11.5. The van der Waals surface area contributed by atoms with Crippen LogP contribution in [0.4, 0.5) is 0 Å². The molecule has 16 heavy (non-hydrogen) atoms. The maximum Gasteiger partial charge on any atom is 0.211 e. The van der Waals surface area contributed by atoms with Gasteiger partial charge >= 0.3 is 0 Å². The van der Waals surface area contributed by atoms with E-state index in [4.69, 9.17) is 15.2 Å². The third kappa shape index (κ3) is 8.00. The highest BCUT2D eigenvalue weighted by Gasteiger charge is 2.13. The predicted octanol–water partition coefficient (Wildman–Crippen LogP) is -0.694. The molecule has 0 aliphatic carbocycles. The summed E-state index contributed by atoms with van der Waals surface area (Å²) in [4.78, 5) is 0. The van der Waals surface area contributed by atoms with E-state index in [1.807, 2.05) is 0 Å². The van der Waals surface area contributed by atoms with E-state index in [1.165, 1.54) is 7.11 Å². The summed E-state index contributed by atoms with van der Waals surface area (Å²) in [6, 6.07) is 0. The van der Waals surface area contributed by atoms with E-state index < -0.39 is 10.0 Å². The first-order valence-electron chi connectivity index (χ1n) is 5.25. The molecule has 0 saturated carbocycles. The Labute approximate surface area is 97.5 Å². The van der Waals surface area contributed by atoms with E-state index >= 15 is 0 Å². The van der Waals surface area contributed by atoms with E-state index in [0.717, 1.165) is 0 Å². The van der Waals surface area contributed by atoms with Gasteiger partial charge in [-0.05, 0) is 19.4 Å². The lowest BCUT2D eigenvalue weighted by Crippen LogP contribution is -2.36. The molecule has 0 amide bonds. The summed E-state index contributed by atoms with van der Waals surface area (Å²) in [6.07, 6.45) is 1.04. The number of unbranched alkanes of at least 4 members (excludes halogenated alkanes) is 1. The van der Waals surface area contributed by atoms with Gasteiger partial charge in [0.1, 0.15) is 0 Å². The molecule has 0 saturated heterocycles. The van der Waals surface area contributed by atoms with Crippen molar-refractivity contribution in [2.75, 3.05) is 39.7 Å². The van der Waals surface area contributed by atoms with Gasteiger partial charge in [-0.15, -0.1) is 0 Å². The van der Waals surface area contributed by atoms with Crippen LogP contribution in [0, 0.1) is 0 Å². The molecule has 0 rings (SSSR count). The zero-order valence-electron chi connectivity index (χ0n) is 9.94. The summed E-state index contributed by atoms with van der Waals surface area (Å²) in [5, 5.41) is 0. The number of nitrogens with one attached hydrogen (secondary N) is 1. The zero-order chi connectivity index (χ0) is 12.4. The lowest BCUT2D eigenvalue weighted by molar-refractivity contribution is 0.0320. The van der Waals surface area contributed by atoms with Crippen LogP contribution in [0.3, 0.4) is 0 Å². The van der Waals surface area contributed by atoms with Crippen molar-refractivity contribution in [1.29, 1.82) is 0 Å². The number of hydrogen-bond donors (Lipinski definition) is 2. The van der Waals surface area contributed by atoms with Gasteiger partial charge in [-0.2, -0.15) is 0 Å². The summed E-state index contributed by atoms with van der Waals surface area (Å²) in [5.41, 5.74) is 5.29. The van der Waals surface area contributed by atoms with Crippen LogP contribution < -0.4 is 10.5 Å².